The third-order valence-electron chi connectivity index (χ3n) is 1.68. The second kappa shape index (κ2) is 2.77. The number of hydrogen-bond donors (Lipinski definition) is 0. The summed E-state index contributed by atoms with van der Waals surface area (Å²) < 4.78 is 5.12. The summed E-state index contributed by atoms with van der Waals surface area (Å²) in [6.45, 7) is 0. The zero-order valence-electron chi connectivity index (χ0n) is 6.69. The lowest BCUT2D eigenvalue weighted by atomic mass is 10.3. The van der Waals surface area contributed by atoms with Gasteiger partial charge in [0.1, 0.15) is 11.3 Å². The maximum Gasteiger partial charge on any atom is 0.148 e. The molecular weight excluding hydrogens is 152 g/mol. The van der Waals surface area contributed by atoms with Crippen molar-refractivity contribution in [1.82, 2.24) is 9.97 Å². The van der Waals surface area contributed by atoms with Gasteiger partial charge in [0.15, 0.2) is 0 Å². The van der Waals surface area contributed by atoms with Crippen molar-refractivity contribution in [3.63, 3.8) is 0 Å². The van der Waals surface area contributed by atoms with Crippen molar-refractivity contribution >= 4 is 11.0 Å². The number of nitrogens with zero attached hydrogens (tertiary/aromatic N) is 2. The van der Waals surface area contributed by atoms with Crippen LogP contribution in [0.3, 0.4) is 0 Å². The second-order valence-corrected chi connectivity index (χ2v) is 2.38. The normalized spacial score (nSPS) is 10.1. The lowest BCUT2D eigenvalue weighted by Crippen LogP contribution is -1.88. The molecule has 0 saturated heterocycles. The Hall–Kier alpha value is -1.64. The van der Waals surface area contributed by atoms with Gasteiger partial charge in [0.2, 0.25) is 0 Å². The van der Waals surface area contributed by atoms with Crippen LogP contribution < -0.4 is 4.74 Å². The van der Waals surface area contributed by atoms with Crippen molar-refractivity contribution in [1.29, 1.82) is 0 Å². The van der Waals surface area contributed by atoms with E-state index < -0.39 is 0 Å². The Bertz CT molecular complexity index is 395. The van der Waals surface area contributed by atoms with Crippen molar-refractivity contribution in [3.8, 4) is 5.75 Å². The molecule has 0 amide bonds. The molecule has 0 N–H and O–H groups in total. The predicted molar refractivity (Wildman–Crippen MR) is 46.1 cm³/mol. The third kappa shape index (κ3) is 0.993. The Morgan fingerprint density at radius 1 is 1.17 bits per heavy atom. The van der Waals surface area contributed by atoms with Gasteiger partial charge in [0.25, 0.3) is 0 Å². The van der Waals surface area contributed by atoms with Gasteiger partial charge in [0.05, 0.1) is 12.6 Å². The summed E-state index contributed by atoms with van der Waals surface area (Å²) in [7, 11) is 1.63. The molecule has 0 aliphatic carbocycles. The van der Waals surface area contributed by atoms with E-state index in [0.717, 1.165) is 16.8 Å². The summed E-state index contributed by atoms with van der Waals surface area (Å²) in [5, 5.41) is 0. The number of aromatic nitrogens is 2. The molecule has 0 saturated carbocycles. The van der Waals surface area contributed by atoms with E-state index in [4.69, 9.17) is 4.74 Å². The number of fused-ring (bicyclic) bond motifs is 1. The smallest absolute Gasteiger partial charge is 0.148 e. The third-order valence-corrected chi connectivity index (χ3v) is 1.68. The lowest BCUT2D eigenvalue weighted by Gasteiger charge is -2.01. The average Bonchev–Trinajstić information content (AvgIpc) is 2.17. The number of hydrogen-bond acceptors (Lipinski definition) is 3. The minimum Gasteiger partial charge on any atom is -0.494 e. The molecule has 0 bridgehead atoms. The van der Waals surface area contributed by atoms with Crippen molar-refractivity contribution < 1.29 is 4.74 Å². The number of pyridine rings is 2. The average molecular weight is 160 g/mol. The highest BCUT2D eigenvalue weighted by atomic mass is 16.5. The zero-order valence-corrected chi connectivity index (χ0v) is 6.69. The monoisotopic (exact) mass is 160 g/mol. The molecule has 2 heterocycles. The second-order valence-electron chi connectivity index (χ2n) is 2.38. The highest BCUT2D eigenvalue weighted by Gasteiger charge is 2.00. The van der Waals surface area contributed by atoms with Crippen molar-refractivity contribution in [2.45, 2.75) is 0 Å². The van der Waals surface area contributed by atoms with Crippen molar-refractivity contribution in [3.05, 3.63) is 30.6 Å². The fourth-order valence-corrected chi connectivity index (χ4v) is 1.12. The van der Waals surface area contributed by atoms with Gasteiger partial charge >= 0.3 is 0 Å². The molecule has 0 aliphatic heterocycles. The Morgan fingerprint density at radius 3 is 2.92 bits per heavy atom. The molecule has 0 aromatic carbocycles. The molecule has 0 spiro atoms. The van der Waals surface area contributed by atoms with Crippen LogP contribution >= 0.6 is 0 Å². The molecule has 2 rings (SSSR count). The first-order chi connectivity index (χ1) is 5.92. The van der Waals surface area contributed by atoms with Gasteiger partial charge in [-0.1, -0.05) is 0 Å². The van der Waals surface area contributed by atoms with Crippen LogP contribution in [0, 0.1) is 0 Å². The number of ether oxygens (including phenoxy) is 1. The Balaban J connectivity index is 2.79. The van der Waals surface area contributed by atoms with Crippen molar-refractivity contribution in [2.24, 2.45) is 0 Å². The summed E-state index contributed by atoms with van der Waals surface area (Å²) in [5.74, 6) is 0.764. The summed E-state index contributed by atoms with van der Waals surface area (Å²) in [6, 6.07) is 5.56. The predicted octanol–water partition coefficient (Wildman–Crippen LogP) is 1.64. The van der Waals surface area contributed by atoms with Crippen molar-refractivity contribution in [2.75, 3.05) is 7.11 Å². The van der Waals surface area contributed by atoms with Crippen LogP contribution in [0.4, 0.5) is 0 Å². The van der Waals surface area contributed by atoms with Crippen LogP contribution in [0.25, 0.3) is 11.0 Å². The first kappa shape index (κ1) is 7.03. The summed E-state index contributed by atoms with van der Waals surface area (Å²) in [4.78, 5) is 8.31. The first-order valence-electron chi connectivity index (χ1n) is 3.65. The maximum atomic E-state index is 5.12. The molecule has 3 nitrogen and oxygen atoms in total. The molecule has 2 aromatic rings. The Morgan fingerprint density at radius 2 is 2.08 bits per heavy atom. The van der Waals surface area contributed by atoms with Gasteiger partial charge in [-0.3, -0.25) is 9.97 Å². The number of methoxy groups -OCH3 is 1. The molecule has 12 heavy (non-hydrogen) atoms. The van der Waals surface area contributed by atoms with Crippen LogP contribution in [-0.4, -0.2) is 17.1 Å². The SMILES string of the molecule is COc1ccnc2cccnc12. The Kier molecular flexibility index (Phi) is 1.63. The van der Waals surface area contributed by atoms with E-state index in [0.29, 0.717) is 0 Å². The highest BCUT2D eigenvalue weighted by molar-refractivity contribution is 5.79. The van der Waals surface area contributed by atoms with Gasteiger partial charge < -0.3 is 4.74 Å². The van der Waals surface area contributed by atoms with Crippen LogP contribution in [0.15, 0.2) is 30.6 Å². The van der Waals surface area contributed by atoms with E-state index in [-0.39, 0.29) is 0 Å². The zero-order chi connectivity index (χ0) is 8.39. The van der Waals surface area contributed by atoms with Gasteiger partial charge in [0, 0.05) is 18.5 Å². The summed E-state index contributed by atoms with van der Waals surface area (Å²) in [6.07, 6.45) is 3.44. The van der Waals surface area contributed by atoms with Gasteiger partial charge in [-0.15, -0.1) is 0 Å². The fraction of sp³-hybridized carbons (Fsp3) is 0.111. The molecule has 0 fully saturated rings. The van der Waals surface area contributed by atoms with Gasteiger partial charge in [-0.25, -0.2) is 0 Å². The fourth-order valence-electron chi connectivity index (χ4n) is 1.12. The molecule has 0 atom stereocenters. The topological polar surface area (TPSA) is 35.0 Å². The minimum absolute atomic E-state index is 0.764. The molecule has 60 valence electrons. The quantitative estimate of drug-likeness (QED) is 0.636. The standard InChI is InChI=1S/C9H8N2O/c1-12-8-4-6-10-7-3-2-5-11-9(7)8/h2-6H,1H3. The van der Waals surface area contributed by atoms with E-state index in [2.05, 4.69) is 9.97 Å². The maximum absolute atomic E-state index is 5.12. The summed E-state index contributed by atoms with van der Waals surface area (Å²) in [5.41, 5.74) is 1.67. The summed E-state index contributed by atoms with van der Waals surface area (Å²) >= 11 is 0. The lowest BCUT2D eigenvalue weighted by molar-refractivity contribution is 0.418. The van der Waals surface area contributed by atoms with E-state index in [1.54, 1.807) is 25.6 Å². The molecule has 0 aliphatic rings. The highest BCUT2D eigenvalue weighted by Crippen LogP contribution is 2.19. The van der Waals surface area contributed by atoms with Gasteiger partial charge in [-0.2, -0.15) is 0 Å². The number of rotatable bonds is 1. The molecule has 0 unspecified atom stereocenters. The molecule has 0 radical (unpaired) electrons. The molecule has 2 aromatic heterocycles. The van der Waals surface area contributed by atoms with Crippen LogP contribution in [-0.2, 0) is 0 Å². The van der Waals surface area contributed by atoms with Crippen LogP contribution in [0.1, 0.15) is 0 Å². The van der Waals surface area contributed by atoms with Crippen LogP contribution in [0.5, 0.6) is 5.75 Å². The van der Waals surface area contributed by atoms with E-state index in [1.807, 2.05) is 12.1 Å². The molecular formula is C9H8N2O. The minimum atomic E-state index is 0.764. The van der Waals surface area contributed by atoms with Crippen LogP contribution in [0.2, 0.25) is 0 Å². The Labute approximate surface area is 70.0 Å². The largest absolute Gasteiger partial charge is 0.494 e. The van der Waals surface area contributed by atoms with E-state index >= 15 is 0 Å². The first-order valence-corrected chi connectivity index (χ1v) is 3.65. The van der Waals surface area contributed by atoms with E-state index in [1.165, 1.54) is 0 Å². The van der Waals surface area contributed by atoms with Gasteiger partial charge in [-0.05, 0) is 12.1 Å². The molecule has 3 heteroatoms. The van der Waals surface area contributed by atoms with E-state index in [9.17, 15) is 0 Å².